The first kappa shape index (κ1) is 10.0. The third kappa shape index (κ3) is 1.82. The van der Waals surface area contributed by atoms with Gasteiger partial charge in [-0.05, 0) is 24.6 Å². The molecular formula is C9H11BrClN. The van der Waals surface area contributed by atoms with Crippen LogP contribution in [0, 0.1) is 0 Å². The summed E-state index contributed by atoms with van der Waals surface area (Å²) in [5, 5.41) is 3.37. The molecule has 1 atom stereocenters. The number of benzene rings is 1. The fraction of sp³-hybridized carbons (Fsp3) is 0.333. The van der Waals surface area contributed by atoms with Crippen molar-refractivity contribution in [1.82, 2.24) is 5.32 Å². The monoisotopic (exact) mass is 247 g/mol. The van der Waals surface area contributed by atoms with Gasteiger partial charge in [0.05, 0.1) is 0 Å². The van der Waals surface area contributed by atoms with Crippen LogP contribution in [0.3, 0.4) is 0 Å². The highest BCUT2D eigenvalue weighted by molar-refractivity contribution is 9.10. The van der Waals surface area contributed by atoms with Gasteiger partial charge in [0.1, 0.15) is 0 Å². The summed E-state index contributed by atoms with van der Waals surface area (Å²) in [6.07, 6.45) is 1.27. The minimum atomic E-state index is 0. The molecule has 1 aromatic carbocycles. The van der Waals surface area contributed by atoms with Crippen LogP contribution in [0.25, 0.3) is 0 Å². The third-order valence-corrected chi connectivity index (χ3v) is 2.83. The maximum atomic E-state index is 3.53. The van der Waals surface area contributed by atoms with Crippen LogP contribution in [0.4, 0.5) is 0 Å². The predicted molar refractivity (Wildman–Crippen MR) is 56.8 cm³/mol. The normalized spacial score (nSPS) is 20.9. The summed E-state index contributed by atoms with van der Waals surface area (Å²) in [5.41, 5.74) is 1.39. The van der Waals surface area contributed by atoms with E-state index >= 15 is 0 Å². The number of halogens is 2. The van der Waals surface area contributed by atoms with E-state index in [0.29, 0.717) is 6.04 Å². The van der Waals surface area contributed by atoms with Crippen molar-refractivity contribution < 1.29 is 0 Å². The number of nitrogens with one attached hydrogen (secondary N) is 1. The van der Waals surface area contributed by atoms with E-state index in [2.05, 4.69) is 39.4 Å². The molecule has 0 amide bonds. The fourth-order valence-electron chi connectivity index (χ4n) is 1.31. The van der Waals surface area contributed by atoms with Gasteiger partial charge in [0, 0.05) is 10.5 Å². The lowest BCUT2D eigenvalue weighted by Crippen LogP contribution is -2.35. The zero-order valence-electron chi connectivity index (χ0n) is 6.59. The molecule has 1 fully saturated rings. The molecule has 0 aromatic heterocycles. The van der Waals surface area contributed by atoms with Crippen molar-refractivity contribution in [2.45, 2.75) is 12.5 Å². The van der Waals surface area contributed by atoms with Gasteiger partial charge in [-0.1, -0.05) is 34.1 Å². The zero-order chi connectivity index (χ0) is 7.68. The van der Waals surface area contributed by atoms with Gasteiger partial charge in [-0.15, -0.1) is 12.4 Å². The van der Waals surface area contributed by atoms with E-state index in [1.807, 2.05) is 6.07 Å². The van der Waals surface area contributed by atoms with Crippen LogP contribution in [0.2, 0.25) is 0 Å². The minimum absolute atomic E-state index is 0. The molecule has 0 radical (unpaired) electrons. The Kier molecular flexibility index (Phi) is 3.56. The second kappa shape index (κ2) is 4.26. The maximum absolute atomic E-state index is 3.53. The molecule has 1 saturated heterocycles. The lowest BCUT2D eigenvalue weighted by atomic mass is 9.98. The standard InChI is InChI=1S/C9H10BrN.ClH/c10-8-4-2-1-3-7(8)9-5-6-11-9;/h1-4,9,11H,5-6H2;1H/t9-;/m0./s1. The van der Waals surface area contributed by atoms with Gasteiger partial charge < -0.3 is 5.32 Å². The second-order valence-electron chi connectivity index (χ2n) is 2.82. The minimum Gasteiger partial charge on any atom is -0.310 e. The summed E-state index contributed by atoms with van der Waals surface area (Å²) in [6, 6.07) is 8.98. The van der Waals surface area contributed by atoms with Crippen molar-refractivity contribution >= 4 is 28.3 Å². The van der Waals surface area contributed by atoms with E-state index in [0.717, 1.165) is 6.54 Å². The van der Waals surface area contributed by atoms with E-state index in [1.54, 1.807) is 0 Å². The molecule has 1 nitrogen and oxygen atoms in total. The van der Waals surface area contributed by atoms with Crippen LogP contribution >= 0.6 is 28.3 Å². The molecule has 1 heterocycles. The molecule has 3 heteroatoms. The van der Waals surface area contributed by atoms with Crippen LogP contribution in [0.15, 0.2) is 28.7 Å². The van der Waals surface area contributed by atoms with Crippen LogP contribution in [0.5, 0.6) is 0 Å². The van der Waals surface area contributed by atoms with Crippen molar-refractivity contribution in [2.24, 2.45) is 0 Å². The number of rotatable bonds is 1. The average Bonchev–Trinajstić information content (AvgIpc) is 1.90. The zero-order valence-corrected chi connectivity index (χ0v) is 8.99. The topological polar surface area (TPSA) is 12.0 Å². The molecule has 1 aromatic rings. The fourth-order valence-corrected chi connectivity index (χ4v) is 1.87. The van der Waals surface area contributed by atoms with Gasteiger partial charge in [0.2, 0.25) is 0 Å². The summed E-state index contributed by atoms with van der Waals surface area (Å²) in [4.78, 5) is 0. The molecule has 2 rings (SSSR count). The molecule has 0 unspecified atom stereocenters. The molecule has 12 heavy (non-hydrogen) atoms. The van der Waals surface area contributed by atoms with Crippen LogP contribution in [-0.2, 0) is 0 Å². The van der Waals surface area contributed by atoms with Crippen molar-refractivity contribution in [3.63, 3.8) is 0 Å². The molecule has 1 aliphatic heterocycles. The van der Waals surface area contributed by atoms with Crippen LogP contribution in [-0.4, -0.2) is 6.54 Å². The Morgan fingerprint density at radius 3 is 2.50 bits per heavy atom. The predicted octanol–water partition coefficient (Wildman–Crippen LogP) is 2.91. The Hall–Kier alpha value is -0.0500. The maximum Gasteiger partial charge on any atom is 0.0343 e. The molecule has 0 saturated carbocycles. The van der Waals surface area contributed by atoms with E-state index in [9.17, 15) is 0 Å². The first-order valence-electron chi connectivity index (χ1n) is 3.86. The highest BCUT2D eigenvalue weighted by atomic mass is 79.9. The molecule has 0 bridgehead atoms. The molecule has 66 valence electrons. The average molecular weight is 249 g/mol. The Bertz CT molecular complexity index is 260. The lowest BCUT2D eigenvalue weighted by molar-refractivity contribution is 0.382. The third-order valence-electron chi connectivity index (χ3n) is 2.10. The van der Waals surface area contributed by atoms with Crippen LogP contribution in [0.1, 0.15) is 18.0 Å². The van der Waals surface area contributed by atoms with Crippen LogP contribution < -0.4 is 5.32 Å². The van der Waals surface area contributed by atoms with Crippen molar-refractivity contribution in [3.05, 3.63) is 34.3 Å². The smallest absolute Gasteiger partial charge is 0.0343 e. The van der Waals surface area contributed by atoms with Gasteiger partial charge in [0.15, 0.2) is 0 Å². The Balaban J connectivity index is 0.000000720. The van der Waals surface area contributed by atoms with Gasteiger partial charge >= 0.3 is 0 Å². The molecule has 0 aliphatic carbocycles. The molecule has 0 spiro atoms. The summed E-state index contributed by atoms with van der Waals surface area (Å²) >= 11 is 3.53. The molecular weight excluding hydrogens is 237 g/mol. The summed E-state index contributed by atoms with van der Waals surface area (Å²) in [5.74, 6) is 0. The summed E-state index contributed by atoms with van der Waals surface area (Å²) in [7, 11) is 0. The highest BCUT2D eigenvalue weighted by Crippen LogP contribution is 2.28. The van der Waals surface area contributed by atoms with E-state index < -0.39 is 0 Å². The summed E-state index contributed by atoms with van der Waals surface area (Å²) < 4.78 is 1.22. The van der Waals surface area contributed by atoms with Gasteiger partial charge in [0.25, 0.3) is 0 Å². The Morgan fingerprint density at radius 1 is 1.33 bits per heavy atom. The van der Waals surface area contributed by atoms with E-state index in [-0.39, 0.29) is 12.4 Å². The Labute approximate surface area is 87.1 Å². The highest BCUT2D eigenvalue weighted by Gasteiger charge is 2.19. The molecule has 1 N–H and O–H groups in total. The van der Waals surface area contributed by atoms with E-state index in [4.69, 9.17) is 0 Å². The van der Waals surface area contributed by atoms with E-state index in [1.165, 1.54) is 16.5 Å². The van der Waals surface area contributed by atoms with Crippen molar-refractivity contribution in [1.29, 1.82) is 0 Å². The van der Waals surface area contributed by atoms with Gasteiger partial charge in [-0.25, -0.2) is 0 Å². The first-order chi connectivity index (χ1) is 5.38. The number of hydrogen-bond donors (Lipinski definition) is 1. The lowest BCUT2D eigenvalue weighted by Gasteiger charge is -2.28. The quantitative estimate of drug-likeness (QED) is 0.806. The number of hydrogen-bond acceptors (Lipinski definition) is 1. The SMILES string of the molecule is Brc1ccccc1[C@@H]1CCN1.Cl. The van der Waals surface area contributed by atoms with Crippen molar-refractivity contribution in [3.8, 4) is 0 Å². The summed E-state index contributed by atoms with van der Waals surface area (Å²) in [6.45, 7) is 1.16. The van der Waals surface area contributed by atoms with Crippen molar-refractivity contribution in [2.75, 3.05) is 6.54 Å². The largest absolute Gasteiger partial charge is 0.310 e. The van der Waals surface area contributed by atoms with Gasteiger partial charge in [-0.3, -0.25) is 0 Å². The Morgan fingerprint density at radius 2 is 2.00 bits per heavy atom. The second-order valence-corrected chi connectivity index (χ2v) is 3.67. The van der Waals surface area contributed by atoms with Gasteiger partial charge in [-0.2, -0.15) is 0 Å². The first-order valence-corrected chi connectivity index (χ1v) is 4.65. The molecule has 1 aliphatic rings.